The molecular formula is C13H11F3N2OS2. The molecule has 112 valence electrons. The molecule has 1 aromatic heterocycles. The normalized spacial score (nSPS) is 11.4. The second-order valence-electron chi connectivity index (χ2n) is 4.06. The molecule has 0 unspecified atom stereocenters. The fourth-order valence-corrected chi connectivity index (χ4v) is 3.13. The molecule has 1 amide bonds. The van der Waals surface area contributed by atoms with Crippen LogP contribution < -0.4 is 5.32 Å². The second kappa shape index (κ2) is 6.95. The number of nitrogens with zero attached hydrogens (tertiary/aromatic N) is 1. The van der Waals surface area contributed by atoms with Gasteiger partial charge >= 0.3 is 6.18 Å². The number of nitrogens with one attached hydrogen (secondary N) is 1. The highest BCUT2D eigenvalue weighted by Gasteiger charge is 2.28. The first-order valence-electron chi connectivity index (χ1n) is 5.89. The van der Waals surface area contributed by atoms with Crippen LogP contribution in [0.5, 0.6) is 0 Å². The number of aromatic nitrogens is 1. The van der Waals surface area contributed by atoms with E-state index in [1.807, 2.05) is 10.7 Å². The van der Waals surface area contributed by atoms with Crippen LogP contribution in [0.4, 0.5) is 13.2 Å². The summed E-state index contributed by atoms with van der Waals surface area (Å²) in [6, 6.07) is 6.58. The highest BCUT2D eigenvalue weighted by atomic mass is 32.2. The first-order chi connectivity index (χ1) is 9.96. The maximum absolute atomic E-state index is 12.1. The lowest BCUT2D eigenvalue weighted by molar-refractivity contribution is -0.123. The van der Waals surface area contributed by atoms with Crippen molar-refractivity contribution < 1.29 is 18.0 Å². The van der Waals surface area contributed by atoms with E-state index in [4.69, 9.17) is 0 Å². The summed E-state index contributed by atoms with van der Waals surface area (Å²) in [6.07, 6.45) is -4.42. The maximum Gasteiger partial charge on any atom is 0.405 e. The van der Waals surface area contributed by atoms with Crippen LogP contribution in [0, 0.1) is 0 Å². The molecule has 21 heavy (non-hydrogen) atoms. The van der Waals surface area contributed by atoms with E-state index < -0.39 is 18.6 Å². The van der Waals surface area contributed by atoms with Crippen LogP contribution in [-0.4, -0.2) is 23.6 Å². The van der Waals surface area contributed by atoms with Crippen LogP contribution in [-0.2, 0) is 5.75 Å². The predicted octanol–water partition coefficient (Wildman–Crippen LogP) is 3.73. The van der Waals surface area contributed by atoms with Crippen molar-refractivity contribution in [3.05, 3.63) is 46.4 Å². The lowest BCUT2D eigenvalue weighted by Gasteiger charge is -2.11. The summed E-state index contributed by atoms with van der Waals surface area (Å²) in [7, 11) is 0. The lowest BCUT2D eigenvalue weighted by atomic mass is 10.2. The maximum atomic E-state index is 12.1. The fourth-order valence-electron chi connectivity index (χ4n) is 1.52. The quantitative estimate of drug-likeness (QED) is 0.849. The van der Waals surface area contributed by atoms with Gasteiger partial charge in [0.1, 0.15) is 6.54 Å². The van der Waals surface area contributed by atoms with Crippen molar-refractivity contribution in [2.75, 3.05) is 6.54 Å². The summed E-state index contributed by atoms with van der Waals surface area (Å²) in [5.41, 5.74) is 2.81. The monoisotopic (exact) mass is 332 g/mol. The van der Waals surface area contributed by atoms with Crippen LogP contribution in [0.15, 0.2) is 40.1 Å². The Hall–Kier alpha value is -1.54. The van der Waals surface area contributed by atoms with Crippen LogP contribution in [0.1, 0.15) is 16.1 Å². The summed E-state index contributed by atoms with van der Waals surface area (Å²) in [5.74, 6) is -0.165. The van der Waals surface area contributed by atoms with Gasteiger partial charge in [-0.05, 0) is 12.1 Å². The number of benzene rings is 1. The summed E-state index contributed by atoms with van der Waals surface area (Å²) < 4.78 is 36.4. The molecule has 1 N–H and O–H groups in total. The fraction of sp³-hybridized carbons (Fsp3) is 0.231. The Balaban J connectivity index is 2.03. The van der Waals surface area contributed by atoms with Gasteiger partial charge in [0.2, 0.25) is 0 Å². The molecule has 0 bridgehead atoms. The molecule has 2 aromatic rings. The van der Waals surface area contributed by atoms with Gasteiger partial charge < -0.3 is 5.32 Å². The van der Waals surface area contributed by atoms with Crippen molar-refractivity contribution in [2.45, 2.75) is 16.8 Å². The van der Waals surface area contributed by atoms with Gasteiger partial charge in [-0.3, -0.25) is 4.79 Å². The van der Waals surface area contributed by atoms with Crippen molar-refractivity contribution in [1.82, 2.24) is 10.3 Å². The van der Waals surface area contributed by atoms with Crippen molar-refractivity contribution in [2.24, 2.45) is 0 Å². The minimum Gasteiger partial charge on any atom is -0.343 e. The molecule has 2 rings (SSSR count). The molecular weight excluding hydrogens is 321 g/mol. The molecule has 0 aliphatic heterocycles. The van der Waals surface area contributed by atoms with E-state index in [1.54, 1.807) is 23.7 Å². The Kier molecular flexibility index (Phi) is 5.24. The van der Waals surface area contributed by atoms with E-state index in [-0.39, 0.29) is 5.56 Å². The Morgan fingerprint density at radius 1 is 1.33 bits per heavy atom. The average Bonchev–Trinajstić information content (AvgIpc) is 2.95. The molecule has 0 aliphatic carbocycles. The Morgan fingerprint density at radius 3 is 2.76 bits per heavy atom. The SMILES string of the molecule is O=C(NCC(F)(F)F)c1ccccc1SCc1cscn1. The number of thiazole rings is 1. The van der Waals surface area contributed by atoms with Crippen molar-refractivity contribution in [1.29, 1.82) is 0 Å². The topological polar surface area (TPSA) is 42.0 Å². The van der Waals surface area contributed by atoms with E-state index in [0.717, 1.165) is 5.69 Å². The zero-order chi connectivity index (χ0) is 15.3. The lowest BCUT2D eigenvalue weighted by Crippen LogP contribution is -2.33. The van der Waals surface area contributed by atoms with Gasteiger partial charge in [0.05, 0.1) is 16.8 Å². The zero-order valence-electron chi connectivity index (χ0n) is 10.7. The van der Waals surface area contributed by atoms with Gasteiger partial charge in [-0.25, -0.2) is 4.98 Å². The van der Waals surface area contributed by atoms with Gasteiger partial charge in [0.25, 0.3) is 5.91 Å². The number of halogens is 3. The zero-order valence-corrected chi connectivity index (χ0v) is 12.3. The third kappa shape index (κ3) is 5.05. The molecule has 0 spiro atoms. The highest BCUT2D eigenvalue weighted by Crippen LogP contribution is 2.26. The van der Waals surface area contributed by atoms with Crippen LogP contribution in [0.3, 0.4) is 0 Å². The molecule has 0 atom stereocenters. The Labute approximate surface area is 127 Å². The molecule has 8 heteroatoms. The number of thioether (sulfide) groups is 1. The number of alkyl halides is 3. The minimum atomic E-state index is -4.42. The van der Waals surface area contributed by atoms with Gasteiger partial charge in [-0.2, -0.15) is 13.2 Å². The predicted molar refractivity (Wildman–Crippen MR) is 76.5 cm³/mol. The molecule has 0 saturated heterocycles. The molecule has 0 aliphatic rings. The first kappa shape index (κ1) is 15.8. The number of hydrogen-bond acceptors (Lipinski definition) is 4. The smallest absolute Gasteiger partial charge is 0.343 e. The largest absolute Gasteiger partial charge is 0.405 e. The molecule has 0 radical (unpaired) electrons. The number of hydrogen-bond donors (Lipinski definition) is 1. The van der Waals surface area contributed by atoms with Gasteiger partial charge in [-0.15, -0.1) is 23.1 Å². The van der Waals surface area contributed by atoms with E-state index in [2.05, 4.69) is 4.98 Å². The number of amides is 1. The Bertz CT molecular complexity index is 600. The minimum absolute atomic E-state index is 0.238. The van der Waals surface area contributed by atoms with Gasteiger partial charge in [0.15, 0.2) is 0 Å². The standard InChI is InChI=1S/C13H11F3N2OS2/c14-13(15,16)7-17-12(19)10-3-1-2-4-11(10)21-6-9-5-20-8-18-9/h1-5,8H,6-7H2,(H,17,19). The molecule has 1 heterocycles. The molecule has 0 fully saturated rings. The highest BCUT2D eigenvalue weighted by molar-refractivity contribution is 7.98. The third-order valence-corrected chi connectivity index (χ3v) is 4.18. The summed E-state index contributed by atoms with van der Waals surface area (Å²) >= 11 is 2.84. The van der Waals surface area contributed by atoms with Crippen molar-refractivity contribution in [3.63, 3.8) is 0 Å². The second-order valence-corrected chi connectivity index (χ2v) is 5.80. The molecule has 1 aromatic carbocycles. The number of rotatable bonds is 5. The summed E-state index contributed by atoms with van der Waals surface area (Å²) in [4.78, 5) is 16.6. The van der Waals surface area contributed by atoms with E-state index in [9.17, 15) is 18.0 Å². The first-order valence-corrected chi connectivity index (χ1v) is 7.82. The molecule has 0 saturated carbocycles. The number of carbonyl (C=O) groups is 1. The average molecular weight is 332 g/mol. The Morgan fingerprint density at radius 2 is 2.10 bits per heavy atom. The van der Waals surface area contributed by atoms with Gasteiger partial charge in [0, 0.05) is 16.0 Å². The van der Waals surface area contributed by atoms with Crippen molar-refractivity contribution in [3.8, 4) is 0 Å². The number of carbonyl (C=O) groups excluding carboxylic acids is 1. The summed E-state index contributed by atoms with van der Waals surface area (Å²) in [6.45, 7) is -1.34. The van der Waals surface area contributed by atoms with Crippen LogP contribution in [0.2, 0.25) is 0 Å². The third-order valence-electron chi connectivity index (χ3n) is 2.44. The van der Waals surface area contributed by atoms with E-state index in [1.165, 1.54) is 29.2 Å². The van der Waals surface area contributed by atoms with Crippen LogP contribution in [0.25, 0.3) is 0 Å². The molecule has 3 nitrogen and oxygen atoms in total. The van der Waals surface area contributed by atoms with Crippen molar-refractivity contribution >= 4 is 29.0 Å². The van der Waals surface area contributed by atoms with Gasteiger partial charge in [-0.1, -0.05) is 12.1 Å². The van der Waals surface area contributed by atoms with E-state index in [0.29, 0.717) is 10.6 Å². The van der Waals surface area contributed by atoms with E-state index >= 15 is 0 Å². The van der Waals surface area contributed by atoms with Crippen LogP contribution >= 0.6 is 23.1 Å². The summed E-state index contributed by atoms with van der Waals surface area (Å²) in [5, 5.41) is 3.77.